The number of hydrogen-bond acceptors (Lipinski definition) is 2. The third-order valence-corrected chi connectivity index (χ3v) is 2.65. The van der Waals surface area contributed by atoms with Gasteiger partial charge in [0.1, 0.15) is 5.82 Å². The van der Waals surface area contributed by atoms with Gasteiger partial charge in [0, 0.05) is 6.54 Å². The van der Waals surface area contributed by atoms with Gasteiger partial charge in [0.15, 0.2) is 0 Å². The molecule has 1 aromatic rings. The number of nitrogens with two attached hydrogens (primary N) is 1. The molecule has 0 aliphatic rings. The van der Waals surface area contributed by atoms with Crippen molar-refractivity contribution in [2.75, 3.05) is 12.3 Å². The van der Waals surface area contributed by atoms with Crippen LogP contribution in [0.3, 0.4) is 0 Å². The standard InChI is InChI=1S/C12H19FN2/c1-3-9(2)7-15-8-10-5-4-6-11(13)12(10)14/h4-6,9,15H,3,7-8,14H2,1-2H3. The fraction of sp³-hybridized carbons (Fsp3) is 0.500. The molecule has 3 N–H and O–H groups in total. The Hall–Kier alpha value is -1.09. The van der Waals surface area contributed by atoms with Gasteiger partial charge < -0.3 is 11.1 Å². The van der Waals surface area contributed by atoms with Crippen LogP contribution >= 0.6 is 0 Å². The highest BCUT2D eigenvalue weighted by atomic mass is 19.1. The summed E-state index contributed by atoms with van der Waals surface area (Å²) in [7, 11) is 0. The average Bonchev–Trinajstić information content (AvgIpc) is 2.24. The van der Waals surface area contributed by atoms with Crippen molar-refractivity contribution in [1.29, 1.82) is 0 Å². The first-order valence-corrected chi connectivity index (χ1v) is 5.38. The molecular weight excluding hydrogens is 191 g/mol. The Bertz CT molecular complexity index is 312. The van der Waals surface area contributed by atoms with Crippen molar-refractivity contribution in [1.82, 2.24) is 5.32 Å². The summed E-state index contributed by atoms with van der Waals surface area (Å²) in [6, 6.07) is 4.92. The van der Waals surface area contributed by atoms with E-state index in [9.17, 15) is 4.39 Å². The zero-order valence-corrected chi connectivity index (χ0v) is 9.39. The van der Waals surface area contributed by atoms with Gasteiger partial charge in [0.05, 0.1) is 5.69 Å². The first-order chi connectivity index (χ1) is 7.15. The Labute approximate surface area is 90.7 Å². The smallest absolute Gasteiger partial charge is 0.146 e. The minimum absolute atomic E-state index is 0.258. The maximum Gasteiger partial charge on any atom is 0.146 e. The van der Waals surface area contributed by atoms with E-state index in [0.29, 0.717) is 12.5 Å². The molecule has 0 saturated heterocycles. The molecule has 0 amide bonds. The summed E-state index contributed by atoms with van der Waals surface area (Å²) < 4.78 is 13.1. The molecule has 3 heteroatoms. The second kappa shape index (κ2) is 5.71. The number of hydrogen-bond donors (Lipinski definition) is 2. The number of halogens is 1. The SMILES string of the molecule is CCC(C)CNCc1cccc(F)c1N. The molecule has 0 radical (unpaired) electrons. The minimum atomic E-state index is -0.335. The molecule has 1 atom stereocenters. The van der Waals surface area contributed by atoms with Gasteiger partial charge in [-0.1, -0.05) is 32.4 Å². The van der Waals surface area contributed by atoms with Gasteiger partial charge in [-0.05, 0) is 24.1 Å². The van der Waals surface area contributed by atoms with Crippen molar-refractivity contribution in [2.24, 2.45) is 5.92 Å². The van der Waals surface area contributed by atoms with Gasteiger partial charge in [0.2, 0.25) is 0 Å². The third-order valence-electron chi connectivity index (χ3n) is 2.65. The molecule has 0 aliphatic carbocycles. The maximum absolute atomic E-state index is 13.1. The monoisotopic (exact) mass is 210 g/mol. The fourth-order valence-electron chi connectivity index (χ4n) is 1.33. The summed E-state index contributed by atoms with van der Waals surface area (Å²) in [4.78, 5) is 0. The lowest BCUT2D eigenvalue weighted by Gasteiger charge is -2.11. The van der Waals surface area contributed by atoms with E-state index in [1.165, 1.54) is 6.07 Å². The maximum atomic E-state index is 13.1. The zero-order chi connectivity index (χ0) is 11.3. The quantitative estimate of drug-likeness (QED) is 0.733. The minimum Gasteiger partial charge on any atom is -0.396 e. The predicted molar refractivity (Wildman–Crippen MR) is 62.0 cm³/mol. The van der Waals surface area contributed by atoms with Crippen molar-refractivity contribution in [3.8, 4) is 0 Å². The van der Waals surface area contributed by atoms with E-state index in [-0.39, 0.29) is 11.5 Å². The van der Waals surface area contributed by atoms with E-state index >= 15 is 0 Å². The number of benzene rings is 1. The zero-order valence-electron chi connectivity index (χ0n) is 9.39. The molecule has 0 heterocycles. The highest BCUT2D eigenvalue weighted by Crippen LogP contribution is 2.15. The summed E-state index contributed by atoms with van der Waals surface area (Å²) in [6.45, 7) is 5.91. The average molecular weight is 210 g/mol. The molecule has 1 rings (SSSR count). The van der Waals surface area contributed by atoms with Crippen LogP contribution in [0.5, 0.6) is 0 Å². The van der Waals surface area contributed by atoms with E-state index in [2.05, 4.69) is 19.2 Å². The van der Waals surface area contributed by atoms with Crippen LogP contribution in [-0.4, -0.2) is 6.54 Å². The van der Waals surface area contributed by atoms with Crippen LogP contribution < -0.4 is 11.1 Å². The Morgan fingerprint density at radius 3 is 2.87 bits per heavy atom. The van der Waals surface area contributed by atoms with Gasteiger partial charge in [0.25, 0.3) is 0 Å². The molecule has 0 aromatic heterocycles. The fourth-order valence-corrected chi connectivity index (χ4v) is 1.33. The molecule has 2 nitrogen and oxygen atoms in total. The summed E-state index contributed by atoms with van der Waals surface area (Å²) in [5, 5.41) is 3.27. The van der Waals surface area contributed by atoms with Crippen molar-refractivity contribution in [3.63, 3.8) is 0 Å². The van der Waals surface area contributed by atoms with E-state index < -0.39 is 0 Å². The van der Waals surface area contributed by atoms with Crippen molar-refractivity contribution in [3.05, 3.63) is 29.6 Å². The lowest BCUT2D eigenvalue weighted by atomic mass is 10.1. The molecule has 0 aliphatic heterocycles. The van der Waals surface area contributed by atoms with Crippen LogP contribution in [0.4, 0.5) is 10.1 Å². The molecule has 15 heavy (non-hydrogen) atoms. The predicted octanol–water partition coefficient (Wildman–Crippen LogP) is 2.54. The van der Waals surface area contributed by atoms with Gasteiger partial charge in [-0.2, -0.15) is 0 Å². The van der Waals surface area contributed by atoms with Gasteiger partial charge in [-0.25, -0.2) is 4.39 Å². The van der Waals surface area contributed by atoms with E-state index in [1.54, 1.807) is 6.07 Å². The number of rotatable bonds is 5. The second-order valence-electron chi connectivity index (χ2n) is 3.96. The molecular formula is C12H19FN2. The number of nitrogens with one attached hydrogen (secondary N) is 1. The van der Waals surface area contributed by atoms with Crippen LogP contribution in [0.1, 0.15) is 25.8 Å². The first kappa shape index (κ1) is 12.0. The Morgan fingerprint density at radius 2 is 2.20 bits per heavy atom. The van der Waals surface area contributed by atoms with E-state index in [1.807, 2.05) is 6.07 Å². The highest BCUT2D eigenvalue weighted by Gasteiger charge is 2.04. The van der Waals surface area contributed by atoms with Crippen LogP contribution in [-0.2, 0) is 6.54 Å². The Balaban J connectivity index is 2.47. The number of anilines is 1. The Morgan fingerprint density at radius 1 is 1.47 bits per heavy atom. The van der Waals surface area contributed by atoms with Crippen LogP contribution in [0.2, 0.25) is 0 Å². The van der Waals surface area contributed by atoms with Gasteiger partial charge >= 0.3 is 0 Å². The van der Waals surface area contributed by atoms with Crippen LogP contribution in [0.25, 0.3) is 0 Å². The van der Waals surface area contributed by atoms with E-state index in [0.717, 1.165) is 18.5 Å². The summed E-state index contributed by atoms with van der Waals surface area (Å²) >= 11 is 0. The van der Waals surface area contributed by atoms with Gasteiger partial charge in [-0.3, -0.25) is 0 Å². The molecule has 1 aromatic carbocycles. The van der Waals surface area contributed by atoms with Crippen molar-refractivity contribution in [2.45, 2.75) is 26.8 Å². The van der Waals surface area contributed by atoms with Crippen molar-refractivity contribution < 1.29 is 4.39 Å². The highest BCUT2D eigenvalue weighted by molar-refractivity contribution is 5.47. The summed E-state index contributed by atoms with van der Waals surface area (Å²) in [6.07, 6.45) is 1.14. The van der Waals surface area contributed by atoms with Crippen molar-refractivity contribution >= 4 is 5.69 Å². The third kappa shape index (κ3) is 3.51. The molecule has 0 fully saturated rings. The lowest BCUT2D eigenvalue weighted by Crippen LogP contribution is -2.21. The lowest BCUT2D eigenvalue weighted by molar-refractivity contribution is 0.499. The number of para-hydroxylation sites is 1. The molecule has 0 saturated carbocycles. The van der Waals surface area contributed by atoms with Crippen LogP contribution in [0, 0.1) is 11.7 Å². The molecule has 1 unspecified atom stereocenters. The largest absolute Gasteiger partial charge is 0.396 e. The number of nitrogen functional groups attached to an aromatic ring is 1. The van der Waals surface area contributed by atoms with Crippen LogP contribution in [0.15, 0.2) is 18.2 Å². The molecule has 0 spiro atoms. The second-order valence-corrected chi connectivity index (χ2v) is 3.96. The summed E-state index contributed by atoms with van der Waals surface area (Å²) in [5.74, 6) is 0.303. The normalized spacial score (nSPS) is 12.7. The molecule has 0 bridgehead atoms. The van der Waals surface area contributed by atoms with E-state index in [4.69, 9.17) is 5.73 Å². The first-order valence-electron chi connectivity index (χ1n) is 5.38. The Kier molecular flexibility index (Phi) is 4.56. The summed E-state index contributed by atoms with van der Waals surface area (Å²) in [5.41, 5.74) is 6.71. The topological polar surface area (TPSA) is 38.0 Å². The van der Waals surface area contributed by atoms with Gasteiger partial charge in [-0.15, -0.1) is 0 Å². The molecule has 84 valence electrons.